The molecule has 0 radical (unpaired) electrons. The first-order chi connectivity index (χ1) is 12.4. The van der Waals surface area contributed by atoms with Gasteiger partial charge in [-0.05, 0) is 88.4 Å². The zero-order valence-electron chi connectivity index (χ0n) is 15.9. The number of hydrogen-bond donors (Lipinski definition) is 2. The number of nitrogens with zero attached hydrogens (tertiary/aromatic N) is 1. The summed E-state index contributed by atoms with van der Waals surface area (Å²) >= 11 is 0. The average Bonchev–Trinajstić information content (AvgIpc) is 2.61. The van der Waals surface area contributed by atoms with Gasteiger partial charge in [0, 0.05) is 23.4 Å². The van der Waals surface area contributed by atoms with Gasteiger partial charge in [0.15, 0.2) is 0 Å². The Morgan fingerprint density at radius 2 is 1.50 bits per heavy atom. The third-order valence-corrected chi connectivity index (χ3v) is 4.24. The Kier molecular flexibility index (Phi) is 6.92. The topological polar surface area (TPSA) is 61.4 Å². The molecule has 5 nitrogen and oxygen atoms in total. The fraction of sp³-hybridized carbons (Fsp3) is 0.333. The van der Waals surface area contributed by atoms with Crippen LogP contribution in [-0.4, -0.2) is 43.9 Å². The number of nitrogens with one attached hydrogen (secondary N) is 2. The van der Waals surface area contributed by atoms with Crippen molar-refractivity contribution in [2.45, 2.75) is 20.3 Å². The molecule has 2 rings (SSSR count). The standard InChI is InChI=1S/C21H27N3O2/c1-15-6-11-19(14-16(15)2)23-21(26)18-9-7-17(8-10-18)20(25)22-12-5-13-24(3)4/h6-11,14H,5,12-13H2,1-4H3,(H,22,25)(H,23,26). The molecule has 2 aromatic carbocycles. The molecule has 0 unspecified atom stereocenters. The van der Waals surface area contributed by atoms with Crippen molar-refractivity contribution in [3.63, 3.8) is 0 Å². The second kappa shape index (κ2) is 9.15. The van der Waals surface area contributed by atoms with Crippen LogP contribution in [0.3, 0.4) is 0 Å². The van der Waals surface area contributed by atoms with Gasteiger partial charge in [-0.2, -0.15) is 0 Å². The number of anilines is 1. The molecule has 0 aliphatic carbocycles. The minimum Gasteiger partial charge on any atom is -0.352 e. The van der Waals surface area contributed by atoms with Gasteiger partial charge in [-0.15, -0.1) is 0 Å². The quantitative estimate of drug-likeness (QED) is 0.751. The Morgan fingerprint density at radius 1 is 0.885 bits per heavy atom. The van der Waals surface area contributed by atoms with E-state index in [0.717, 1.165) is 24.2 Å². The van der Waals surface area contributed by atoms with Gasteiger partial charge in [-0.3, -0.25) is 9.59 Å². The molecule has 0 aromatic heterocycles. The summed E-state index contributed by atoms with van der Waals surface area (Å²) in [4.78, 5) is 26.5. The zero-order valence-corrected chi connectivity index (χ0v) is 15.9. The van der Waals surface area contributed by atoms with Gasteiger partial charge in [0.2, 0.25) is 0 Å². The fourth-order valence-corrected chi connectivity index (χ4v) is 2.49. The van der Waals surface area contributed by atoms with Crippen molar-refractivity contribution >= 4 is 17.5 Å². The molecule has 0 heterocycles. The SMILES string of the molecule is Cc1ccc(NC(=O)c2ccc(C(=O)NCCCN(C)C)cc2)cc1C. The van der Waals surface area contributed by atoms with Crippen molar-refractivity contribution < 1.29 is 9.59 Å². The zero-order chi connectivity index (χ0) is 19.1. The summed E-state index contributed by atoms with van der Waals surface area (Å²) < 4.78 is 0. The van der Waals surface area contributed by atoms with Gasteiger partial charge in [0.25, 0.3) is 11.8 Å². The summed E-state index contributed by atoms with van der Waals surface area (Å²) in [6.07, 6.45) is 0.898. The highest BCUT2D eigenvalue weighted by atomic mass is 16.2. The lowest BCUT2D eigenvalue weighted by atomic mass is 10.1. The van der Waals surface area contributed by atoms with Crippen LogP contribution in [0.5, 0.6) is 0 Å². The number of rotatable bonds is 7. The maximum atomic E-state index is 12.3. The third kappa shape index (κ3) is 5.70. The first-order valence-electron chi connectivity index (χ1n) is 8.78. The minimum absolute atomic E-state index is 0.120. The largest absolute Gasteiger partial charge is 0.352 e. The van der Waals surface area contributed by atoms with Crippen LogP contribution in [0.4, 0.5) is 5.69 Å². The lowest BCUT2D eigenvalue weighted by molar-refractivity contribution is 0.0950. The molecule has 0 fully saturated rings. The Bertz CT molecular complexity index is 767. The third-order valence-electron chi connectivity index (χ3n) is 4.24. The highest BCUT2D eigenvalue weighted by Crippen LogP contribution is 2.15. The average molecular weight is 353 g/mol. The van der Waals surface area contributed by atoms with Gasteiger partial charge in [0.1, 0.15) is 0 Å². The van der Waals surface area contributed by atoms with E-state index >= 15 is 0 Å². The summed E-state index contributed by atoms with van der Waals surface area (Å²) in [5.41, 5.74) is 4.15. The molecule has 26 heavy (non-hydrogen) atoms. The van der Waals surface area contributed by atoms with E-state index in [-0.39, 0.29) is 11.8 Å². The Hall–Kier alpha value is -2.66. The van der Waals surface area contributed by atoms with Gasteiger partial charge < -0.3 is 15.5 Å². The van der Waals surface area contributed by atoms with Gasteiger partial charge in [0.05, 0.1) is 0 Å². The molecule has 2 N–H and O–H groups in total. The van der Waals surface area contributed by atoms with E-state index in [9.17, 15) is 9.59 Å². The highest BCUT2D eigenvalue weighted by Gasteiger charge is 2.09. The Morgan fingerprint density at radius 3 is 2.08 bits per heavy atom. The van der Waals surface area contributed by atoms with Gasteiger partial charge in [-0.1, -0.05) is 6.07 Å². The minimum atomic E-state index is -0.189. The lowest BCUT2D eigenvalue weighted by Crippen LogP contribution is -2.27. The predicted octanol–water partition coefficient (Wildman–Crippen LogP) is 3.24. The first kappa shape index (κ1) is 19.7. The number of hydrogen-bond acceptors (Lipinski definition) is 3. The van der Waals surface area contributed by atoms with Gasteiger partial charge >= 0.3 is 0 Å². The molecule has 138 valence electrons. The van der Waals surface area contributed by atoms with E-state index in [1.165, 1.54) is 5.56 Å². The summed E-state index contributed by atoms with van der Waals surface area (Å²) in [5, 5.41) is 5.77. The van der Waals surface area contributed by atoms with Crippen molar-refractivity contribution in [3.05, 3.63) is 64.7 Å². The predicted molar refractivity (Wildman–Crippen MR) is 106 cm³/mol. The molecule has 0 aliphatic rings. The number of aryl methyl sites for hydroxylation is 2. The molecule has 0 saturated heterocycles. The molecular weight excluding hydrogens is 326 g/mol. The summed E-state index contributed by atoms with van der Waals surface area (Å²) in [7, 11) is 4.01. The van der Waals surface area contributed by atoms with E-state index in [2.05, 4.69) is 15.5 Å². The second-order valence-electron chi connectivity index (χ2n) is 6.74. The number of carbonyl (C=O) groups excluding carboxylic acids is 2. The summed E-state index contributed by atoms with van der Waals surface area (Å²) in [5.74, 6) is -0.309. The number of benzene rings is 2. The van der Waals surface area contributed by atoms with Crippen LogP contribution in [0, 0.1) is 13.8 Å². The molecule has 0 atom stereocenters. The van der Waals surface area contributed by atoms with E-state index < -0.39 is 0 Å². The van der Waals surface area contributed by atoms with Crippen LogP contribution < -0.4 is 10.6 Å². The van der Waals surface area contributed by atoms with E-state index in [1.807, 2.05) is 46.1 Å². The van der Waals surface area contributed by atoms with Crippen LogP contribution in [-0.2, 0) is 0 Å². The molecule has 2 amide bonds. The monoisotopic (exact) mass is 353 g/mol. The molecule has 0 aliphatic heterocycles. The van der Waals surface area contributed by atoms with Crippen LogP contribution in [0.25, 0.3) is 0 Å². The summed E-state index contributed by atoms with van der Waals surface area (Å²) in [6.45, 7) is 5.60. The fourth-order valence-electron chi connectivity index (χ4n) is 2.49. The molecule has 2 aromatic rings. The van der Waals surface area contributed by atoms with Crippen molar-refractivity contribution in [2.75, 3.05) is 32.5 Å². The van der Waals surface area contributed by atoms with E-state index in [0.29, 0.717) is 17.7 Å². The maximum Gasteiger partial charge on any atom is 0.255 e. The van der Waals surface area contributed by atoms with Crippen LogP contribution >= 0.6 is 0 Å². The lowest BCUT2D eigenvalue weighted by Gasteiger charge is -2.10. The van der Waals surface area contributed by atoms with Crippen molar-refractivity contribution in [2.24, 2.45) is 0 Å². The Balaban J connectivity index is 1.92. The van der Waals surface area contributed by atoms with Crippen molar-refractivity contribution in [1.82, 2.24) is 10.2 Å². The maximum absolute atomic E-state index is 12.3. The smallest absolute Gasteiger partial charge is 0.255 e. The van der Waals surface area contributed by atoms with Crippen LogP contribution in [0.1, 0.15) is 38.3 Å². The number of carbonyl (C=O) groups is 2. The molecule has 0 bridgehead atoms. The summed E-state index contributed by atoms with van der Waals surface area (Å²) in [6, 6.07) is 12.5. The van der Waals surface area contributed by atoms with Crippen LogP contribution in [0.2, 0.25) is 0 Å². The van der Waals surface area contributed by atoms with Crippen LogP contribution in [0.15, 0.2) is 42.5 Å². The highest BCUT2D eigenvalue weighted by molar-refractivity contribution is 6.05. The molecular formula is C21H27N3O2. The molecule has 0 spiro atoms. The number of amides is 2. The van der Waals surface area contributed by atoms with Crippen molar-refractivity contribution in [1.29, 1.82) is 0 Å². The van der Waals surface area contributed by atoms with Gasteiger partial charge in [-0.25, -0.2) is 0 Å². The normalized spacial score (nSPS) is 10.7. The Labute approximate surface area is 155 Å². The van der Waals surface area contributed by atoms with Crippen molar-refractivity contribution in [3.8, 4) is 0 Å². The van der Waals surface area contributed by atoms with E-state index in [1.54, 1.807) is 24.3 Å². The molecule has 0 saturated carbocycles. The molecule has 5 heteroatoms. The van der Waals surface area contributed by atoms with E-state index in [4.69, 9.17) is 0 Å². The first-order valence-corrected chi connectivity index (χ1v) is 8.78. The second-order valence-corrected chi connectivity index (χ2v) is 6.74.